The Kier molecular flexibility index (Phi) is 4.02. The van der Waals surface area contributed by atoms with Crippen LogP contribution in [0.5, 0.6) is 0 Å². The molecule has 0 heterocycles. The topological polar surface area (TPSA) is 52.6 Å². The van der Waals surface area contributed by atoms with E-state index in [2.05, 4.69) is 5.32 Å². The van der Waals surface area contributed by atoms with Gasteiger partial charge >= 0.3 is 6.03 Å². The highest BCUT2D eigenvalue weighted by Crippen LogP contribution is 2.19. The fraction of sp³-hybridized carbons (Fsp3) is 0.267. The molecule has 0 fully saturated rings. The van der Waals surface area contributed by atoms with Crippen molar-refractivity contribution in [2.24, 2.45) is 0 Å². The summed E-state index contributed by atoms with van der Waals surface area (Å²) in [6, 6.07) is 13.3. The number of likely N-dealkylation sites (N-methyl/N-ethyl adjacent to an activating group) is 1. The molecule has 2 amide bonds. The third-order valence-electron chi connectivity index (χ3n) is 3.25. The number of nitrogens with zero attached hydrogens (tertiary/aromatic N) is 1. The van der Waals surface area contributed by atoms with Gasteiger partial charge in [-0.25, -0.2) is 4.79 Å². The largest absolute Gasteiger partial charge is 0.394 e. The summed E-state index contributed by atoms with van der Waals surface area (Å²) in [5.74, 6) is 0. The molecule has 4 heteroatoms. The van der Waals surface area contributed by atoms with E-state index in [-0.39, 0.29) is 18.7 Å². The maximum absolute atomic E-state index is 12.0. The molecule has 1 atom stereocenters. The molecule has 0 bridgehead atoms. The molecule has 2 rings (SSSR count). The first-order chi connectivity index (χ1) is 9.11. The van der Waals surface area contributed by atoms with Crippen LogP contribution >= 0.6 is 0 Å². The lowest BCUT2D eigenvalue weighted by Crippen LogP contribution is -2.40. The Hall–Kier alpha value is -2.07. The highest BCUT2D eigenvalue weighted by molar-refractivity contribution is 5.93. The molecule has 0 saturated heterocycles. The lowest BCUT2D eigenvalue weighted by atomic mass is 10.1. The molecule has 0 aliphatic rings. The number of carbonyl (C=O) groups is 1. The molecular formula is C15H18N2O2. The molecule has 1 unspecified atom stereocenters. The average molecular weight is 258 g/mol. The summed E-state index contributed by atoms with van der Waals surface area (Å²) in [6.45, 7) is 1.74. The SMILES string of the molecule is CC(CO)N(C)C(=O)Nc1ccc2ccccc2c1. The number of carbonyl (C=O) groups excluding carboxylic acids is 1. The van der Waals surface area contributed by atoms with E-state index in [4.69, 9.17) is 5.11 Å². The highest BCUT2D eigenvalue weighted by Gasteiger charge is 2.14. The number of benzene rings is 2. The number of aliphatic hydroxyl groups is 1. The number of fused-ring (bicyclic) bond motifs is 1. The molecule has 0 aliphatic carbocycles. The second-order valence-electron chi connectivity index (χ2n) is 4.63. The van der Waals surface area contributed by atoms with Crippen molar-refractivity contribution in [1.29, 1.82) is 0 Å². The van der Waals surface area contributed by atoms with Crippen LogP contribution in [0.2, 0.25) is 0 Å². The van der Waals surface area contributed by atoms with Crippen LogP contribution in [0.3, 0.4) is 0 Å². The zero-order valence-electron chi connectivity index (χ0n) is 11.1. The van der Waals surface area contributed by atoms with Gasteiger partial charge in [0.25, 0.3) is 0 Å². The number of urea groups is 1. The van der Waals surface area contributed by atoms with Crippen LogP contribution in [0.15, 0.2) is 42.5 Å². The zero-order valence-corrected chi connectivity index (χ0v) is 11.1. The van der Waals surface area contributed by atoms with Gasteiger partial charge in [-0.1, -0.05) is 30.3 Å². The first-order valence-corrected chi connectivity index (χ1v) is 6.25. The molecule has 100 valence electrons. The molecule has 0 spiro atoms. The van der Waals surface area contributed by atoms with Crippen LogP contribution in [-0.2, 0) is 0 Å². The normalized spacial score (nSPS) is 12.2. The van der Waals surface area contributed by atoms with Gasteiger partial charge in [-0.2, -0.15) is 0 Å². The fourth-order valence-corrected chi connectivity index (χ4v) is 1.80. The number of rotatable bonds is 3. The van der Waals surface area contributed by atoms with E-state index in [1.807, 2.05) is 42.5 Å². The van der Waals surface area contributed by atoms with Gasteiger partial charge in [0.1, 0.15) is 0 Å². The quantitative estimate of drug-likeness (QED) is 0.889. The molecule has 4 nitrogen and oxygen atoms in total. The molecular weight excluding hydrogens is 240 g/mol. The Balaban J connectivity index is 2.15. The standard InChI is InChI=1S/C15H18N2O2/c1-11(10-18)17(2)15(19)16-14-8-7-12-5-3-4-6-13(12)9-14/h3-9,11,18H,10H2,1-2H3,(H,16,19). The minimum Gasteiger partial charge on any atom is -0.394 e. The fourth-order valence-electron chi connectivity index (χ4n) is 1.80. The summed E-state index contributed by atoms with van der Waals surface area (Å²) in [5.41, 5.74) is 0.751. The number of amides is 2. The Bertz CT molecular complexity index is 583. The third kappa shape index (κ3) is 3.03. The van der Waals surface area contributed by atoms with E-state index in [1.165, 1.54) is 4.90 Å². The summed E-state index contributed by atoms with van der Waals surface area (Å²) in [5, 5.41) is 14.1. The lowest BCUT2D eigenvalue weighted by molar-refractivity contribution is 0.166. The molecule has 2 N–H and O–H groups in total. The highest BCUT2D eigenvalue weighted by atomic mass is 16.3. The molecule has 0 aliphatic heterocycles. The number of hydrogen-bond acceptors (Lipinski definition) is 2. The Morgan fingerprint density at radius 3 is 2.63 bits per heavy atom. The van der Waals surface area contributed by atoms with Crippen LogP contribution in [0, 0.1) is 0 Å². The zero-order chi connectivity index (χ0) is 13.8. The Morgan fingerprint density at radius 1 is 1.26 bits per heavy atom. The lowest BCUT2D eigenvalue weighted by Gasteiger charge is -2.23. The van der Waals surface area contributed by atoms with Crippen molar-refractivity contribution >= 4 is 22.5 Å². The maximum atomic E-state index is 12.0. The molecule has 2 aromatic carbocycles. The van der Waals surface area contributed by atoms with E-state index in [1.54, 1.807) is 14.0 Å². The summed E-state index contributed by atoms with van der Waals surface area (Å²) in [4.78, 5) is 13.4. The second-order valence-corrected chi connectivity index (χ2v) is 4.63. The van der Waals surface area contributed by atoms with Gasteiger partial charge in [-0.3, -0.25) is 0 Å². The van der Waals surface area contributed by atoms with E-state index in [9.17, 15) is 4.79 Å². The van der Waals surface area contributed by atoms with Crippen molar-refractivity contribution in [3.63, 3.8) is 0 Å². The van der Waals surface area contributed by atoms with Gasteiger partial charge in [-0.05, 0) is 29.8 Å². The minimum atomic E-state index is -0.225. The van der Waals surface area contributed by atoms with Crippen molar-refractivity contribution < 1.29 is 9.90 Å². The van der Waals surface area contributed by atoms with Crippen LogP contribution in [0.25, 0.3) is 10.8 Å². The number of hydrogen-bond donors (Lipinski definition) is 2. The molecule has 0 aromatic heterocycles. The molecule has 19 heavy (non-hydrogen) atoms. The van der Waals surface area contributed by atoms with Crippen molar-refractivity contribution in [3.8, 4) is 0 Å². The van der Waals surface area contributed by atoms with Gasteiger partial charge in [0.05, 0.1) is 12.6 Å². The van der Waals surface area contributed by atoms with E-state index < -0.39 is 0 Å². The van der Waals surface area contributed by atoms with Gasteiger partial charge in [0.15, 0.2) is 0 Å². The molecule has 0 saturated carbocycles. The van der Waals surface area contributed by atoms with E-state index in [0.717, 1.165) is 16.5 Å². The van der Waals surface area contributed by atoms with Gasteiger partial charge in [0, 0.05) is 12.7 Å². The predicted octanol–water partition coefficient (Wildman–Crippen LogP) is 2.68. The van der Waals surface area contributed by atoms with E-state index >= 15 is 0 Å². The minimum absolute atomic E-state index is 0.0539. The summed E-state index contributed by atoms with van der Waals surface area (Å²) >= 11 is 0. The van der Waals surface area contributed by atoms with Crippen LogP contribution in [-0.4, -0.2) is 35.7 Å². The summed E-state index contributed by atoms with van der Waals surface area (Å²) in [6.07, 6.45) is 0. The summed E-state index contributed by atoms with van der Waals surface area (Å²) < 4.78 is 0. The number of nitrogens with one attached hydrogen (secondary N) is 1. The maximum Gasteiger partial charge on any atom is 0.321 e. The van der Waals surface area contributed by atoms with Gasteiger partial charge < -0.3 is 15.3 Å². The first-order valence-electron chi connectivity index (χ1n) is 6.25. The number of anilines is 1. The van der Waals surface area contributed by atoms with Crippen LogP contribution < -0.4 is 5.32 Å². The monoisotopic (exact) mass is 258 g/mol. The van der Waals surface area contributed by atoms with Gasteiger partial charge in [0.2, 0.25) is 0 Å². The van der Waals surface area contributed by atoms with Crippen molar-refractivity contribution in [1.82, 2.24) is 4.90 Å². The van der Waals surface area contributed by atoms with Gasteiger partial charge in [-0.15, -0.1) is 0 Å². The Morgan fingerprint density at radius 2 is 1.95 bits per heavy atom. The van der Waals surface area contributed by atoms with Crippen LogP contribution in [0.1, 0.15) is 6.92 Å². The second kappa shape index (κ2) is 5.71. The van der Waals surface area contributed by atoms with Crippen LogP contribution in [0.4, 0.5) is 10.5 Å². The first kappa shape index (κ1) is 13.4. The molecule has 2 aromatic rings. The van der Waals surface area contributed by atoms with E-state index in [0.29, 0.717) is 0 Å². The van der Waals surface area contributed by atoms with Crippen molar-refractivity contribution in [2.45, 2.75) is 13.0 Å². The average Bonchev–Trinajstić information content (AvgIpc) is 2.45. The van der Waals surface area contributed by atoms with Crippen molar-refractivity contribution in [2.75, 3.05) is 19.0 Å². The molecule has 0 radical (unpaired) electrons. The third-order valence-corrected chi connectivity index (χ3v) is 3.25. The Labute approximate surface area is 112 Å². The summed E-state index contributed by atoms with van der Waals surface area (Å²) in [7, 11) is 1.66. The predicted molar refractivity (Wildman–Crippen MR) is 77.3 cm³/mol. The number of aliphatic hydroxyl groups excluding tert-OH is 1. The smallest absolute Gasteiger partial charge is 0.321 e. The van der Waals surface area contributed by atoms with Crippen molar-refractivity contribution in [3.05, 3.63) is 42.5 Å².